The lowest BCUT2D eigenvalue weighted by Gasteiger charge is -2.12. The number of carbonyl (C=O) groups is 2. The van der Waals surface area contributed by atoms with Gasteiger partial charge in [-0.2, -0.15) is 0 Å². The highest BCUT2D eigenvalue weighted by atomic mass is 32.1. The molecule has 3 N–H and O–H groups in total. The first-order valence-electron chi connectivity index (χ1n) is 5.43. The molecule has 0 saturated heterocycles. The lowest BCUT2D eigenvalue weighted by atomic mass is 10.0. The number of nitrogens with zero attached hydrogens (tertiary/aromatic N) is 1. The van der Waals surface area contributed by atoms with Gasteiger partial charge in [0.15, 0.2) is 10.9 Å². The molecule has 0 aliphatic heterocycles. The predicted molar refractivity (Wildman–Crippen MR) is 68.2 cm³/mol. The molecule has 1 aromatic rings. The van der Waals surface area contributed by atoms with E-state index in [4.69, 9.17) is 5.73 Å². The lowest BCUT2D eigenvalue weighted by molar-refractivity contribution is -0.117. The average Bonchev–Trinajstić information content (AvgIpc) is 2.65. The predicted octanol–water partition coefficient (Wildman–Crippen LogP) is 1.66. The minimum Gasteiger partial charge on any atom is -0.320 e. The van der Waals surface area contributed by atoms with Crippen molar-refractivity contribution < 1.29 is 9.59 Å². The van der Waals surface area contributed by atoms with Crippen LogP contribution >= 0.6 is 11.3 Å². The van der Waals surface area contributed by atoms with E-state index in [1.807, 2.05) is 13.8 Å². The molecule has 0 saturated carbocycles. The maximum Gasteiger partial charge on any atom is 0.243 e. The van der Waals surface area contributed by atoms with Gasteiger partial charge in [0, 0.05) is 12.3 Å². The Morgan fingerprint density at radius 3 is 2.65 bits per heavy atom. The largest absolute Gasteiger partial charge is 0.320 e. The van der Waals surface area contributed by atoms with Gasteiger partial charge in [-0.25, -0.2) is 4.98 Å². The molecule has 6 heteroatoms. The third kappa shape index (κ3) is 4.24. The van der Waals surface area contributed by atoms with Crippen molar-refractivity contribution >= 4 is 28.2 Å². The molecule has 0 aromatic carbocycles. The Morgan fingerprint density at radius 1 is 1.53 bits per heavy atom. The summed E-state index contributed by atoms with van der Waals surface area (Å²) in [6, 6.07) is -0.542. The Morgan fingerprint density at radius 2 is 2.18 bits per heavy atom. The number of nitrogens with two attached hydrogens (primary N) is 1. The third-order valence-electron chi connectivity index (χ3n) is 2.16. The summed E-state index contributed by atoms with van der Waals surface area (Å²) in [5, 5.41) is 4.65. The second kappa shape index (κ2) is 5.88. The number of hydrogen-bond acceptors (Lipinski definition) is 5. The zero-order chi connectivity index (χ0) is 13.0. The van der Waals surface area contributed by atoms with Crippen molar-refractivity contribution in [1.29, 1.82) is 0 Å². The minimum absolute atomic E-state index is 0.117. The molecule has 94 valence electrons. The first-order chi connectivity index (χ1) is 7.90. The van der Waals surface area contributed by atoms with E-state index < -0.39 is 6.04 Å². The van der Waals surface area contributed by atoms with Gasteiger partial charge in [-0.1, -0.05) is 13.8 Å². The maximum atomic E-state index is 11.7. The van der Waals surface area contributed by atoms with E-state index in [2.05, 4.69) is 10.3 Å². The molecule has 0 aliphatic rings. The first-order valence-corrected chi connectivity index (χ1v) is 6.31. The van der Waals surface area contributed by atoms with Crippen LogP contribution in [0.2, 0.25) is 0 Å². The molecule has 1 rings (SSSR count). The van der Waals surface area contributed by atoms with Gasteiger partial charge in [0.1, 0.15) is 5.69 Å². The fourth-order valence-electron chi connectivity index (χ4n) is 1.31. The van der Waals surface area contributed by atoms with Crippen LogP contribution in [-0.4, -0.2) is 22.7 Å². The summed E-state index contributed by atoms with van der Waals surface area (Å²) in [6.45, 7) is 5.44. The topological polar surface area (TPSA) is 85.1 Å². The monoisotopic (exact) mass is 255 g/mol. The number of Topliss-reactive ketones (excluding diaryl/α,β-unsaturated/α-hetero) is 1. The number of hydrogen-bond donors (Lipinski definition) is 2. The summed E-state index contributed by atoms with van der Waals surface area (Å²) in [6.07, 6.45) is 0.622. The molecule has 0 spiro atoms. The van der Waals surface area contributed by atoms with Crippen LogP contribution in [0.5, 0.6) is 0 Å². The summed E-state index contributed by atoms with van der Waals surface area (Å²) in [5.41, 5.74) is 6.09. The van der Waals surface area contributed by atoms with Crippen LogP contribution in [0.1, 0.15) is 37.7 Å². The van der Waals surface area contributed by atoms with Gasteiger partial charge >= 0.3 is 0 Å². The van der Waals surface area contributed by atoms with E-state index >= 15 is 0 Å². The fraction of sp³-hybridized carbons (Fsp3) is 0.545. The second-order valence-corrected chi connectivity index (χ2v) is 5.18. The number of rotatable bonds is 5. The van der Waals surface area contributed by atoms with Gasteiger partial charge < -0.3 is 11.1 Å². The lowest BCUT2D eigenvalue weighted by Crippen LogP contribution is -2.36. The zero-order valence-corrected chi connectivity index (χ0v) is 11.0. The van der Waals surface area contributed by atoms with E-state index in [-0.39, 0.29) is 11.7 Å². The number of ketones is 1. The highest BCUT2D eigenvalue weighted by Crippen LogP contribution is 2.16. The van der Waals surface area contributed by atoms with Gasteiger partial charge in [-0.05, 0) is 12.3 Å². The average molecular weight is 255 g/mol. The molecule has 1 heterocycles. The molecule has 0 unspecified atom stereocenters. The van der Waals surface area contributed by atoms with Crippen LogP contribution in [0.25, 0.3) is 0 Å². The quantitative estimate of drug-likeness (QED) is 0.783. The summed E-state index contributed by atoms with van der Waals surface area (Å²) in [5.74, 6) is -0.0174. The molecular weight excluding hydrogens is 238 g/mol. The van der Waals surface area contributed by atoms with Crippen LogP contribution in [0, 0.1) is 5.92 Å². The van der Waals surface area contributed by atoms with Crippen molar-refractivity contribution in [3.63, 3.8) is 0 Å². The Kier molecular flexibility index (Phi) is 4.77. The SMILES string of the molecule is CC(=O)c1csc(NC(=O)[C@@H](N)CC(C)C)n1. The standard InChI is InChI=1S/C11H17N3O2S/c1-6(2)4-8(12)10(16)14-11-13-9(5-17-11)7(3)15/h5-6,8H,4,12H2,1-3H3,(H,13,14,16)/t8-/m0/s1. The first kappa shape index (κ1) is 13.8. The van der Waals surface area contributed by atoms with Gasteiger partial charge in [0.2, 0.25) is 5.91 Å². The molecule has 5 nitrogen and oxygen atoms in total. The second-order valence-electron chi connectivity index (χ2n) is 4.32. The van der Waals surface area contributed by atoms with Crippen LogP contribution in [0.15, 0.2) is 5.38 Å². The van der Waals surface area contributed by atoms with Crippen LogP contribution < -0.4 is 11.1 Å². The summed E-state index contributed by atoms with van der Waals surface area (Å²) < 4.78 is 0. The molecule has 1 aromatic heterocycles. The molecule has 17 heavy (non-hydrogen) atoms. The minimum atomic E-state index is -0.542. The van der Waals surface area contributed by atoms with Gasteiger partial charge in [0.25, 0.3) is 0 Å². The molecule has 0 radical (unpaired) electrons. The molecular formula is C11H17N3O2S. The van der Waals surface area contributed by atoms with Crippen molar-refractivity contribution in [3.05, 3.63) is 11.1 Å². The summed E-state index contributed by atoms with van der Waals surface area (Å²) >= 11 is 1.22. The highest BCUT2D eigenvalue weighted by Gasteiger charge is 2.16. The number of thiazole rings is 1. The summed E-state index contributed by atoms with van der Waals surface area (Å²) in [4.78, 5) is 26.7. The maximum absolute atomic E-state index is 11.7. The molecule has 0 bridgehead atoms. The Bertz CT molecular complexity index is 415. The smallest absolute Gasteiger partial charge is 0.243 e. The van der Waals surface area contributed by atoms with Gasteiger partial charge in [-0.3, -0.25) is 9.59 Å². The number of aromatic nitrogens is 1. The molecule has 1 atom stereocenters. The van der Waals surface area contributed by atoms with E-state index in [0.29, 0.717) is 23.2 Å². The van der Waals surface area contributed by atoms with Crippen molar-refractivity contribution in [2.24, 2.45) is 11.7 Å². The van der Waals surface area contributed by atoms with Gasteiger partial charge in [0.05, 0.1) is 6.04 Å². The number of carbonyl (C=O) groups excluding carboxylic acids is 2. The Labute approximate surface area is 104 Å². The zero-order valence-electron chi connectivity index (χ0n) is 10.2. The third-order valence-corrected chi connectivity index (χ3v) is 2.91. The molecule has 0 aliphatic carbocycles. The highest BCUT2D eigenvalue weighted by molar-refractivity contribution is 7.14. The van der Waals surface area contributed by atoms with Crippen molar-refractivity contribution in [1.82, 2.24) is 4.98 Å². The number of nitrogens with one attached hydrogen (secondary N) is 1. The van der Waals surface area contributed by atoms with Crippen molar-refractivity contribution in [2.75, 3.05) is 5.32 Å². The normalized spacial score (nSPS) is 12.5. The van der Waals surface area contributed by atoms with E-state index in [0.717, 1.165) is 0 Å². The molecule has 1 amide bonds. The summed E-state index contributed by atoms with van der Waals surface area (Å²) in [7, 11) is 0. The van der Waals surface area contributed by atoms with E-state index in [9.17, 15) is 9.59 Å². The molecule has 0 fully saturated rings. The number of amides is 1. The van der Waals surface area contributed by atoms with Crippen LogP contribution in [0.3, 0.4) is 0 Å². The van der Waals surface area contributed by atoms with Crippen molar-refractivity contribution in [2.45, 2.75) is 33.2 Å². The fourth-order valence-corrected chi connectivity index (χ4v) is 2.06. The van der Waals surface area contributed by atoms with Crippen LogP contribution in [0.4, 0.5) is 5.13 Å². The van der Waals surface area contributed by atoms with Gasteiger partial charge in [-0.15, -0.1) is 11.3 Å². The van der Waals surface area contributed by atoms with E-state index in [1.165, 1.54) is 18.3 Å². The Balaban J connectivity index is 2.58. The Hall–Kier alpha value is -1.27. The van der Waals surface area contributed by atoms with Crippen LogP contribution in [-0.2, 0) is 4.79 Å². The van der Waals surface area contributed by atoms with E-state index in [1.54, 1.807) is 5.38 Å². The van der Waals surface area contributed by atoms with Crippen molar-refractivity contribution in [3.8, 4) is 0 Å². The number of anilines is 1.